The van der Waals surface area contributed by atoms with E-state index in [0.29, 0.717) is 19.6 Å². The lowest BCUT2D eigenvalue weighted by atomic mass is 10.1. The summed E-state index contributed by atoms with van der Waals surface area (Å²) in [5.74, 6) is 0. The first-order chi connectivity index (χ1) is 13.4. The first-order valence-electron chi connectivity index (χ1n) is 10.8. The summed E-state index contributed by atoms with van der Waals surface area (Å²) in [7, 11) is -2.92. The second-order valence-electron chi connectivity index (χ2n) is 7.07. The zero-order chi connectivity index (χ0) is 21.1. The second-order valence-corrected chi connectivity index (χ2v) is 9.98. The van der Waals surface area contributed by atoms with Gasteiger partial charge in [0.15, 0.2) is 5.12 Å². The average molecular weight is 441 g/mol. The van der Waals surface area contributed by atoms with Crippen molar-refractivity contribution in [2.75, 3.05) is 26.9 Å². The molecular weight excluding hydrogens is 399 g/mol. The molecule has 0 heterocycles. The van der Waals surface area contributed by atoms with Crippen molar-refractivity contribution in [3.63, 3.8) is 0 Å². The molecule has 0 aliphatic rings. The number of hydrogen-bond acceptors (Lipinski definition) is 6. The average Bonchev–Trinajstić information content (AvgIpc) is 2.67. The molecule has 168 valence electrons. The van der Waals surface area contributed by atoms with Crippen LogP contribution < -0.4 is 0 Å². The monoisotopic (exact) mass is 440 g/mol. The maximum absolute atomic E-state index is 12.2. The highest BCUT2D eigenvalue weighted by Gasteiger charge is 2.23. The summed E-state index contributed by atoms with van der Waals surface area (Å²) < 4.78 is 26.6. The fourth-order valence-corrected chi connectivity index (χ4v) is 4.17. The van der Waals surface area contributed by atoms with Crippen LogP contribution in [0.4, 0.5) is 0 Å². The van der Waals surface area contributed by atoms with Gasteiger partial charge in [0.25, 0.3) is 0 Å². The molecule has 0 fully saturated rings. The van der Waals surface area contributed by atoms with Crippen LogP contribution in [0.2, 0.25) is 0 Å². The van der Waals surface area contributed by atoms with E-state index in [4.69, 9.17) is 9.26 Å². The Labute approximate surface area is 176 Å². The van der Waals surface area contributed by atoms with E-state index < -0.39 is 7.82 Å². The Morgan fingerprint density at radius 2 is 1.50 bits per heavy atom. The van der Waals surface area contributed by atoms with E-state index in [-0.39, 0.29) is 17.0 Å². The van der Waals surface area contributed by atoms with E-state index in [1.54, 1.807) is 0 Å². The van der Waals surface area contributed by atoms with Gasteiger partial charge in [-0.3, -0.25) is 13.8 Å². The number of phosphoric ester groups is 1. The topological polar surface area (TPSA) is 82.1 Å². The number of hydrogen-bond donors (Lipinski definition) is 1. The molecule has 0 radical (unpaired) electrons. The van der Waals surface area contributed by atoms with Crippen LogP contribution in [0.5, 0.6) is 0 Å². The lowest BCUT2D eigenvalue weighted by Crippen LogP contribution is -2.21. The van der Waals surface area contributed by atoms with Crippen molar-refractivity contribution in [3.8, 4) is 0 Å². The van der Waals surface area contributed by atoms with E-state index in [1.807, 2.05) is 0 Å². The van der Waals surface area contributed by atoms with Crippen LogP contribution in [-0.4, -0.2) is 42.2 Å². The summed E-state index contributed by atoms with van der Waals surface area (Å²) in [6, 6.07) is 0. The second kappa shape index (κ2) is 19.1. The number of thioether (sulfide) groups is 1. The summed E-state index contributed by atoms with van der Waals surface area (Å²) in [6.07, 6.45) is 13.1. The van der Waals surface area contributed by atoms with Crippen LogP contribution >= 0.6 is 19.6 Å². The molecule has 0 aliphatic heterocycles. The minimum absolute atomic E-state index is 0.0512. The number of carbonyl (C=O) groups excluding carboxylic acids is 1. The van der Waals surface area contributed by atoms with Gasteiger partial charge in [-0.05, 0) is 12.8 Å². The zero-order valence-electron chi connectivity index (χ0n) is 18.0. The Kier molecular flexibility index (Phi) is 19.1. The highest BCUT2D eigenvalue weighted by Crippen LogP contribution is 2.42. The van der Waals surface area contributed by atoms with Crippen LogP contribution in [0.3, 0.4) is 0 Å². The first kappa shape index (κ1) is 28.1. The number of ether oxygens (including phenoxy) is 1. The van der Waals surface area contributed by atoms with Crippen molar-refractivity contribution in [2.45, 2.75) is 96.1 Å². The molecule has 1 N–H and O–H groups in total. The summed E-state index contributed by atoms with van der Waals surface area (Å²) in [5.41, 5.74) is 0. The smallest absolute Gasteiger partial charge is 0.380 e. The molecule has 8 heteroatoms. The van der Waals surface area contributed by atoms with Gasteiger partial charge in [-0.2, -0.15) is 0 Å². The molecule has 0 bridgehead atoms. The fraction of sp³-hybridized carbons (Fsp3) is 0.950. The lowest BCUT2D eigenvalue weighted by Gasteiger charge is -2.17. The van der Waals surface area contributed by atoms with Crippen LogP contribution in [0.1, 0.15) is 90.9 Å². The molecule has 28 heavy (non-hydrogen) atoms. The zero-order valence-corrected chi connectivity index (χ0v) is 19.7. The van der Waals surface area contributed by atoms with E-state index in [1.165, 1.54) is 38.5 Å². The van der Waals surface area contributed by atoms with Crippen molar-refractivity contribution in [1.82, 2.24) is 0 Å². The quantitative estimate of drug-likeness (QED) is 0.180. The molecule has 6 nitrogen and oxygen atoms in total. The Balaban J connectivity index is 4.16. The van der Waals surface area contributed by atoms with Gasteiger partial charge in [-0.15, -0.1) is 0 Å². The molecule has 0 amide bonds. The SMILES string of the molecule is CCCCCCCCOC[C@@H](COP(=O)(O)OC)SC(=O)CCCCCCC. The predicted molar refractivity (Wildman–Crippen MR) is 117 cm³/mol. The largest absolute Gasteiger partial charge is 0.471 e. The van der Waals surface area contributed by atoms with E-state index in [9.17, 15) is 14.3 Å². The van der Waals surface area contributed by atoms with E-state index >= 15 is 0 Å². The first-order valence-corrected chi connectivity index (χ1v) is 13.1. The molecular formula is C20H41O6PS. The predicted octanol–water partition coefficient (Wildman–Crippen LogP) is 6.12. The maximum atomic E-state index is 12.2. The Morgan fingerprint density at radius 3 is 2.11 bits per heavy atom. The van der Waals surface area contributed by atoms with Gasteiger partial charge in [-0.25, -0.2) is 4.57 Å². The number of carbonyl (C=O) groups is 1. The number of unbranched alkanes of at least 4 members (excludes halogenated alkanes) is 9. The van der Waals surface area contributed by atoms with Crippen molar-refractivity contribution < 1.29 is 28.0 Å². The molecule has 0 aliphatic carbocycles. The summed E-state index contributed by atoms with van der Waals surface area (Å²) >= 11 is 1.16. The minimum atomic E-state index is -4.05. The van der Waals surface area contributed by atoms with Crippen LogP contribution in [0, 0.1) is 0 Å². The molecule has 0 aromatic heterocycles. The van der Waals surface area contributed by atoms with Crippen LogP contribution in [0.25, 0.3) is 0 Å². The van der Waals surface area contributed by atoms with Gasteiger partial charge in [0.05, 0.1) is 18.5 Å². The molecule has 0 aromatic rings. The Morgan fingerprint density at radius 1 is 0.929 bits per heavy atom. The molecule has 0 saturated heterocycles. The summed E-state index contributed by atoms with van der Waals surface area (Å²) in [6.45, 7) is 5.27. The highest BCUT2D eigenvalue weighted by molar-refractivity contribution is 8.14. The molecule has 0 spiro atoms. The molecule has 0 aromatic carbocycles. The Bertz CT molecular complexity index is 422. The lowest BCUT2D eigenvalue weighted by molar-refractivity contribution is -0.111. The molecule has 2 atom stereocenters. The normalized spacial score (nSPS) is 14.7. The molecule has 1 unspecified atom stereocenters. The van der Waals surface area contributed by atoms with Crippen molar-refractivity contribution >= 4 is 24.7 Å². The van der Waals surface area contributed by atoms with Crippen molar-refractivity contribution in [2.24, 2.45) is 0 Å². The third kappa shape index (κ3) is 18.1. The highest BCUT2D eigenvalue weighted by atomic mass is 32.2. The van der Waals surface area contributed by atoms with Gasteiger partial charge in [0.1, 0.15) is 0 Å². The number of phosphoric acid groups is 1. The summed E-state index contributed by atoms with van der Waals surface area (Å²) in [4.78, 5) is 21.6. The van der Waals surface area contributed by atoms with Crippen LogP contribution in [0.15, 0.2) is 0 Å². The van der Waals surface area contributed by atoms with Gasteiger partial charge < -0.3 is 9.63 Å². The van der Waals surface area contributed by atoms with Gasteiger partial charge in [0.2, 0.25) is 0 Å². The van der Waals surface area contributed by atoms with Crippen LogP contribution in [-0.2, 0) is 23.1 Å². The molecule has 0 saturated carbocycles. The van der Waals surface area contributed by atoms with Gasteiger partial charge >= 0.3 is 7.82 Å². The maximum Gasteiger partial charge on any atom is 0.471 e. The van der Waals surface area contributed by atoms with E-state index in [2.05, 4.69) is 18.4 Å². The Hall–Kier alpha value is 0.0900. The standard InChI is InChI=1S/C20H41O6PS/c1-4-6-8-10-12-14-16-25-17-19(18-26-27(22,23)24-3)28-20(21)15-13-11-9-7-5-2/h19H,4-18H2,1-3H3,(H,22,23)/t19-/m0/s1. The van der Waals surface area contributed by atoms with Crippen molar-refractivity contribution in [1.29, 1.82) is 0 Å². The third-order valence-corrected chi connectivity index (χ3v) is 6.39. The van der Waals surface area contributed by atoms with Crippen molar-refractivity contribution in [3.05, 3.63) is 0 Å². The minimum Gasteiger partial charge on any atom is -0.380 e. The summed E-state index contributed by atoms with van der Waals surface area (Å²) in [5, 5.41) is -0.225. The van der Waals surface area contributed by atoms with Gasteiger partial charge in [0, 0.05) is 20.1 Å². The number of rotatable bonds is 20. The molecule has 0 rings (SSSR count). The van der Waals surface area contributed by atoms with Gasteiger partial charge in [-0.1, -0.05) is 83.4 Å². The third-order valence-electron chi connectivity index (χ3n) is 4.38. The van der Waals surface area contributed by atoms with E-state index in [0.717, 1.165) is 51.0 Å². The fourth-order valence-electron chi connectivity index (χ4n) is 2.66.